The van der Waals surface area contributed by atoms with Gasteiger partial charge >= 0.3 is 0 Å². The smallest absolute Gasteiger partial charge is 0.0770 e. The van der Waals surface area contributed by atoms with E-state index in [2.05, 4.69) is 6.58 Å². The lowest BCUT2D eigenvalue weighted by Gasteiger charge is -2.05. The summed E-state index contributed by atoms with van der Waals surface area (Å²) in [5, 5.41) is 17.6. The van der Waals surface area contributed by atoms with E-state index in [0.29, 0.717) is 0 Å². The zero-order chi connectivity index (χ0) is 10.6. The van der Waals surface area contributed by atoms with E-state index in [0.717, 1.165) is 19.3 Å². The average molecular weight is 200 g/mol. The fourth-order valence-electron chi connectivity index (χ4n) is 1.47. The molecule has 0 aromatic heterocycles. The normalized spacial score (nSPS) is 12.7. The summed E-state index contributed by atoms with van der Waals surface area (Å²) in [4.78, 5) is 0. The maximum absolute atomic E-state index is 9.07. The fourth-order valence-corrected chi connectivity index (χ4v) is 1.47. The first-order valence-electron chi connectivity index (χ1n) is 5.71. The molecule has 2 nitrogen and oxygen atoms in total. The second-order valence-electron chi connectivity index (χ2n) is 3.82. The van der Waals surface area contributed by atoms with Gasteiger partial charge in [0.1, 0.15) is 0 Å². The summed E-state index contributed by atoms with van der Waals surface area (Å²) < 4.78 is 0. The Morgan fingerprint density at radius 2 is 1.57 bits per heavy atom. The van der Waals surface area contributed by atoms with Crippen LogP contribution >= 0.6 is 0 Å². The first kappa shape index (κ1) is 13.7. The first-order chi connectivity index (χ1) is 6.81. The van der Waals surface area contributed by atoms with Crippen molar-refractivity contribution in [2.75, 3.05) is 6.61 Å². The molecule has 0 aliphatic carbocycles. The van der Waals surface area contributed by atoms with Crippen LogP contribution in [0.4, 0.5) is 0 Å². The highest BCUT2D eigenvalue weighted by Crippen LogP contribution is 2.09. The van der Waals surface area contributed by atoms with Gasteiger partial charge in [0.15, 0.2) is 0 Å². The molecule has 0 aromatic rings. The highest BCUT2D eigenvalue weighted by molar-refractivity contribution is 4.65. The first-order valence-corrected chi connectivity index (χ1v) is 5.71. The number of allylic oxidation sites excluding steroid dienone is 1. The molecular weight excluding hydrogens is 176 g/mol. The van der Waals surface area contributed by atoms with Gasteiger partial charge in [-0.15, -0.1) is 6.58 Å². The lowest BCUT2D eigenvalue weighted by atomic mass is 10.1. The van der Waals surface area contributed by atoms with Crippen LogP contribution in [0.1, 0.15) is 51.4 Å². The van der Waals surface area contributed by atoms with Crippen LogP contribution in [0.3, 0.4) is 0 Å². The van der Waals surface area contributed by atoms with Gasteiger partial charge in [0.2, 0.25) is 0 Å². The summed E-state index contributed by atoms with van der Waals surface area (Å²) in [6, 6.07) is 0. The van der Waals surface area contributed by atoms with Gasteiger partial charge in [-0.05, 0) is 19.3 Å². The monoisotopic (exact) mass is 200 g/mol. The van der Waals surface area contributed by atoms with Crippen LogP contribution in [0.25, 0.3) is 0 Å². The summed E-state index contributed by atoms with van der Waals surface area (Å²) in [5.41, 5.74) is 0. The van der Waals surface area contributed by atoms with Crippen LogP contribution in [0, 0.1) is 0 Å². The van der Waals surface area contributed by atoms with E-state index < -0.39 is 6.10 Å². The molecular formula is C12H24O2. The maximum atomic E-state index is 9.07. The van der Waals surface area contributed by atoms with Gasteiger partial charge in [-0.25, -0.2) is 0 Å². The van der Waals surface area contributed by atoms with Crippen molar-refractivity contribution in [1.82, 2.24) is 0 Å². The molecule has 0 spiro atoms. The average Bonchev–Trinajstić information content (AvgIpc) is 2.21. The Balaban J connectivity index is 2.95. The van der Waals surface area contributed by atoms with Crippen molar-refractivity contribution in [2.24, 2.45) is 0 Å². The Bertz CT molecular complexity index is 123. The van der Waals surface area contributed by atoms with Crippen molar-refractivity contribution in [1.29, 1.82) is 0 Å². The Kier molecular flexibility index (Phi) is 10.5. The third kappa shape index (κ3) is 9.75. The van der Waals surface area contributed by atoms with E-state index in [1.165, 1.54) is 32.1 Å². The fraction of sp³-hybridized carbons (Fsp3) is 0.833. The molecule has 2 N–H and O–H groups in total. The van der Waals surface area contributed by atoms with Crippen molar-refractivity contribution in [3.8, 4) is 0 Å². The largest absolute Gasteiger partial charge is 0.394 e. The molecule has 0 saturated heterocycles. The van der Waals surface area contributed by atoms with Crippen LogP contribution in [-0.2, 0) is 0 Å². The molecule has 0 aromatic carbocycles. The molecule has 1 unspecified atom stereocenters. The maximum Gasteiger partial charge on any atom is 0.0770 e. The Labute approximate surface area is 87.7 Å². The lowest BCUT2D eigenvalue weighted by Crippen LogP contribution is -2.10. The van der Waals surface area contributed by atoms with E-state index in [9.17, 15) is 0 Å². The van der Waals surface area contributed by atoms with Crippen LogP contribution in [-0.4, -0.2) is 22.9 Å². The number of aliphatic hydroxyl groups excluding tert-OH is 2. The minimum absolute atomic E-state index is 0.0979. The molecule has 0 bridgehead atoms. The molecule has 0 saturated carbocycles. The second-order valence-corrected chi connectivity index (χ2v) is 3.82. The molecule has 1 atom stereocenters. The van der Waals surface area contributed by atoms with Crippen molar-refractivity contribution >= 4 is 0 Å². The Hall–Kier alpha value is -0.340. The molecule has 2 heteroatoms. The molecule has 84 valence electrons. The topological polar surface area (TPSA) is 40.5 Å². The van der Waals surface area contributed by atoms with E-state index in [-0.39, 0.29) is 6.61 Å². The summed E-state index contributed by atoms with van der Waals surface area (Å²) >= 11 is 0. The molecule has 0 heterocycles. The number of aliphatic hydroxyl groups is 2. The number of hydrogen-bond donors (Lipinski definition) is 2. The van der Waals surface area contributed by atoms with Crippen molar-refractivity contribution < 1.29 is 10.2 Å². The van der Waals surface area contributed by atoms with Gasteiger partial charge in [-0.3, -0.25) is 0 Å². The van der Waals surface area contributed by atoms with Crippen molar-refractivity contribution in [2.45, 2.75) is 57.5 Å². The van der Waals surface area contributed by atoms with Crippen LogP contribution in [0.15, 0.2) is 12.7 Å². The molecule has 0 radical (unpaired) electrons. The minimum Gasteiger partial charge on any atom is -0.394 e. The Morgan fingerprint density at radius 3 is 2.14 bits per heavy atom. The quantitative estimate of drug-likeness (QED) is 0.420. The van der Waals surface area contributed by atoms with E-state index >= 15 is 0 Å². The summed E-state index contributed by atoms with van der Waals surface area (Å²) in [7, 11) is 0. The number of rotatable bonds is 10. The van der Waals surface area contributed by atoms with E-state index in [4.69, 9.17) is 10.2 Å². The molecule has 14 heavy (non-hydrogen) atoms. The highest BCUT2D eigenvalue weighted by atomic mass is 16.3. The van der Waals surface area contributed by atoms with Gasteiger partial charge in [-0.1, -0.05) is 38.2 Å². The van der Waals surface area contributed by atoms with Gasteiger partial charge in [-0.2, -0.15) is 0 Å². The minimum atomic E-state index is -0.504. The van der Waals surface area contributed by atoms with Gasteiger partial charge in [0, 0.05) is 0 Å². The van der Waals surface area contributed by atoms with Gasteiger partial charge < -0.3 is 10.2 Å². The van der Waals surface area contributed by atoms with Crippen LogP contribution < -0.4 is 0 Å². The van der Waals surface area contributed by atoms with Gasteiger partial charge in [0.25, 0.3) is 0 Å². The van der Waals surface area contributed by atoms with E-state index in [1.807, 2.05) is 6.08 Å². The third-order valence-electron chi connectivity index (χ3n) is 2.41. The summed E-state index contributed by atoms with van der Waals surface area (Å²) in [6.45, 7) is 3.59. The third-order valence-corrected chi connectivity index (χ3v) is 2.41. The number of hydrogen-bond acceptors (Lipinski definition) is 2. The zero-order valence-corrected chi connectivity index (χ0v) is 9.12. The second kappa shape index (κ2) is 10.7. The zero-order valence-electron chi connectivity index (χ0n) is 9.12. The molecule has 0 amide bonds. The molecule has 0 fully saturated rings. The predicted molar refractivity (Wildman–Crippen MR) is 60.2 cm³/mol. The summed E-state index contributed by atoms with van der Waals surface area (Å²) in [5.74, 6) is 0. The molecule has 0 aliphatic heterocycles. The highest BCUT2D eigenvalue weighted by Gasteiger charge is 2.00. The summed E-state index contributed by atoms with van der Waals surface area (Å²) in [6.07, 6.45) is 10.6. The van der Waals surface area contributed by atoms with Crippen LogP contribution in [0.2, 0.25) is 0 Å². The van der Waals surface area contributed by atoms with E-state index in [1.54, 1.807) is 0 Å². The number of unbranched alkanes of at least 4 members (excludes halogenated alkanes) is 6. The van der Waals surface area contributed by atoms with Gasteiger partial charge in [0.05, 0.1) is 12.7 Å². The van der Waals surface area contributed by atoms with Crippen LogP contribution in [0.5, 0.6) is 0 Å². The molecule has 0 aliphatic rings. The lowest BCUT2D eigenvalue weighted by molar-refractivity contribution is 0.0860. The van der Waals surface area contributed by atoms with Crippen molar-refractivity contribution in [3.63, 3.8) is 0 Å². The standard InChI is InChI=1S/C12H24O2/c1-2-3-4-5-6-7-8-9-10-12(14)11-13/h2,12-14H,1,3-11H2. The molecule has 0 rings (SSSR count). The Morgan fingerprint density at radius 1 is 1.00 bits per heavy atom. The predicted octanol–water partition coefficient (Wildman–Crippen LogP) is 2.65. The van der Waals surface area contributed by atoms with Crippen molar-refractivity contribution in [3.05, 3.63) is 12.7 Å². The SMILES string of the molecule is C=CCCCCCCCCC(O)CO.